The standard InChI is InChI=1S/C54H84N4O10.C2H6/c1-14-58(55-10)44-24-23-40(30-48(44)66-12)28-36(6)41-31-45(59)37(7)27-38(8)49-51(67-13)50(61)42(56-49)26-34(4)20-16-15-17-21-35(5)47(65-11)29-39(9)68-54(64,33(2)3)52(62)53(63)57-25-19-18-22-43(57)46(60)32-41;1-2/h14-17,20-21,27,33-34,36-37,39-44,47-49,51,56,64H,1,10,18-19,22-26,28-32H2,2-9,11-13H3;1-2H3/b17-15+,20-16+,35-21+,38-27+;/t34-,36-,37-,39+,40+,41-,42?,43+,44+,47+,48-,49-,51?,54-;/m1./s1. The molecule has 1 amide bonds. The summed E-state index contributed by atoms with van der Waals surface area (Å²) in [6, 6.07) is -1.76. The van der Waals surface area contributed by atoms with E-state index < -0.39 is 65.8 Å². The molecule has 394 valence electrons. The van der Waals surface area contributed by atoms with Crippen molar-refractivity contribution in [1.29, 1.82) is 0 Å². The van der Waals surface area contributed by atoms with Crippen LogP contribution in [0.25, 0.3) is 0 Å². The molecule has 14 atom stereocenters. The Morgan fingerprint density at radius 1 is 0.914 bits per heavy atom. The van der Waals surface area contributed by atoms with Gasteiger partial charge in [0, 0.05) is 71.9 Å². The molecule has 2 unspecified atom stereocenters. The number of ether oxygens (including phenoxy) is 4. The van der Waals surface area contributed by atoms with Gasteiger partial charge in [-0.2, -0.15) is 5.10 Å². The maximum Gasteiger partial charge on any atom is 0.296 e. The molecule has 0 radical (unpaired) electrons. The molecule has 14 nitrogen and oxygen atoms in total. The number of piperidine rings is 1. The van der Waals surface area contributed by atoms with Crippen molar-refractivity contribution in [2.75, 3.05) is 27.9 Å². The van der Waals surface area contributed by atoms with E-state index in [1.54, 1.807) is 46.2 Å². The Morgan fingerprint density at radius 3 is 2.21 bits per heavy atom. The van der Waals surface area contributed by atoms with Crippen LogP contribution >= 0.6 is 0 Å². The monoisotopic (exact) mass is 979 g/mol. The summed E-state index contributed by atoms with van der Waals surface area (Å²) in [5.41, 5.74) is 1.71. The number of aliphatic hydroxyl groups is 1. The quantitative estimate of drug-likeness (QED) is 0.0926. The third kappa shape index (κ3) is 15.8. The molecule has 4 aliphatic rings. The predicted octanol–water partition coefficient (Wildman–Crippen LogP) is 8.53. The number of nitrogens with zero attached hydrogens (tertiary/aromatic N) is 3. The van der Waals surface area contributed by atoms with Gasteiger partial charge in [-0.3, -0.25) is 34.3 Å². The fourth-order valence-electron chi connectivity index (χ4n) is 10.9. The number of hydrogen-bond donors (Lipinski definition) is 2. The topological polar surface area (TPSA) is 173 Å². The molecule has 3 heterocycles. The maximum absolute atomic E-state index is 14.7. The second kappa shape index (κ2) is 28.9. The summed E-state index contributed by atoms with van der Waals surface area (Å²) in [5, 5.41) is 21.4. The lowest BCUT2D eigenvalue weighted by molar-refractivity contribution is -0.242. The van der Waals surface area contributed by atoms with Crippen LogP contribution in [0.1, 0.15) is 140 Å². The summed E-state index contributed by atoms with van der Waals surface area (Å²) < 4.78 is 23.7. The lowest BCUT2D eigenvalue weighted by Gasteiger charge is -2.40. The SMILES string of the molecule is C=CN(N=C)[C@H]1CC[C@@H](C[C@@H](C)[C@@H]2CC(=O)[C@H](C)/C=C(\C)[C@H]3NC(C[C@H](C)/C=C/C=C/C=C(\C)[C@@H](OC)C[C@H](C)O[C@](O)(C(C)C)C(=O)C(=O)N4CCCC[C@H]4C(=O)C2)C(=O)C3OC)C[C@H]1OC.CC. The number of methoxy groups -OCH3 is 3. The molecule has 1 saturated carbocycles. The van der Waals surface area contributed by atoms with Gasteiger partial charge in [-0.05, 0) is 101 Å². The van der Waals surface area contributed by atoms with Gasteiger partial charge in [-0.1, -0.05) is 97.1 Å². The first-order valence-electron chi connectivity index (χ1n) is 26.0. The van der Waals surface area contributed by atoms with E-state index in [9.17, 15) is 29.1 Å². The number of Topliss-reactive ketones (excluding diaryl/α,β-unsaturated/α-hetero) is 4. The summed E-state index contributed by atoms with van der Waals surface area (Å²) in [7, 11) is 4.81. The van der Waals surface area contributed by atoms with Crippen LogP contribution < -0.4 is 5.32 Å². The highest BCUT2D eigenvalue weighted by Gasteiger charge is 2.50. The normalized spacial score (nSPS) is 36.7. The predicted molar refractivity (Wildman–Crippen MR) is 277 cm³/mol. The minimum atomic E-state index is -2.46. The van der Waals surface area contributed by atoms with Gasteiger partial charge in [0.25, 0.3) is 11.7 Å². The Kier molecular flexibility index (Phi) is 25.0. The highest BCUT2D eigenvalue weighted by atomic mass is 16.6. The summed E-state index contributed by atoms with van der Waals surface area (Å²) >= 11 is 0. The van der Waals surface area contributed by atoms with Crippen LogP contribution in [0.15, 0.2) is 65.5 Å². The molecule has 3 fully saturated rings. The van der Waals surface area contributed by atoms with E-state index in [1.165, 1.54) is 12.0 Å². The van der Waals surface area contributed by atoms with Crippen LogP contribution in [0.5, 0.6) is 0 Å². The first-order valence-corrected chi connectivity index (χ1v) is 26.0. The van der Waals surface area contributed by atoms with Crippen molar-refractivity contribution in [3.05, 3.63) is 60.4 Å². The van der Waals surface area contributed by atoms with Crippen molar-refractivity contribution in [2.24, 2.45) is 40.6 Å². The van der Waals surface area contributed by atoms with Crippen LogP contribution in [0.2, 0.25) is 0 Å². The van der Waals surface area contributed by atoms with Crippen molar-refractivity contribution < 1.29 is 48.0 Å². The van der Waals surface area contributed by atoms with Gasteiger partial charge >= 0.3 is 0 Å². The zero-order valence-electron chi connectivity index (χ0n) is 45.0. The fraction of sp³-hybridized carbons (Fsp3) is 0.714. The Labute approximate surface area is 420 Å². The lowest BCUT2D eigenvalue weighted by atomic mass is 9.73. The van der Waals surface area contributed by atoms with E-state index in [0.29, 0.717) is 25.7 Å². The van der Waals surface area contributed by atoms with Crippen molar-refractivity contribution in [2.45, 2.75) is 194 Å². The fourth-order valence-corrected chi connectivity index (χ4v) is 10.9. The number of rotatable bonds is 10. The minimum Gasteiger partial charge on any atom is -0.379 e. The van der Waals surface area contributed by atoms with Crippen molar-refractivity contribution in [3.63, 3.8) is 0 Å². The van der Waals surface area contributed by atoms with E-state index in [0.717, 1.165) is 36.8 Å². The Balaban J connectivity index is 0.00000639. The van der Waals surface area contributed by atoms with Crippen molar-refractivity contribution >= 4 is 35.8 Å². The number of hydrogen-bond acceptors (Lipinski definition) is 13. The summed E-state index contributed by atoms with van der Waals surface area (Å²) in [6.07, 6.45) is 17.1. The number of carbonyl (C=O) groups excluding carboxylic acids is 5. The first-order chi connectivity index (χ1) is 33.2. The largest absolute Gasteiger partial charge is 0.379 e. The zero-order valence-corrected chi connectivity index (χ0v) is 45.0. The summed E-state index contributed by atoms with van der Waals surface area (Å²) in [6.45, 7) is 26.6. The molecular formula is C56H90N4O10. The number of carbonyl (C=O) groups is 5. The van der Waals surface area contributed by atoms with Crippen LogP contribution in [-0.2, 0) is 42.9 Å². The van der Waals surface area contributed by atoms with E-state index in [4.69, 9.17) is 18.9 Å². The molecule has 2 N–H and O–H groups in total. The number of nitrogens with one attached hydrogen (secondary N) is 1. The lowest BCUT2D eigenvalue weighted by Crippen LogP contribution is -2.58. The van der Waals surface area contributed by atoms with Gasteiger partial charge in [0.2, 0.25) is 5.79 Å². The summed E-state index contributed by atoms with van der Waals surface area (Å²) in [4.78, 5) is 72.8. The van der Waals surface area contributed by atoms with Crippen molar-refractivity contribution in [3.8, 4) is 0 Å². The van der Waals surface area contributed by atoms with Gasteiger partial charge in [0.1, 0.15) is 11.9 Å². The Bertz CT molecular complexity index is 1890. The number of fused-ring (bicyclic) bond motifs is 3. The summed E-state index contributed by atoms with van der Waals surface area (Å²) in [5.74, 6) is -6.27. The zero-order chi connectivity index (χ0) is 52.5. The van der Waals surface area contributed by atoms with E-state index in [-0.39, 0.29) is 79.0 Å². The molecule has 0 aromatic heterocycles. The molecule has 14 heteroatoms. The molecule has 2 bridgehead atoms. The maximum atomic E-state index is 14.7. The average molecular weight is 979 g/mol. The highest BCUT2D eigenvalue weighted by Crippen LogP contribution is 2.38. The minimum absolute atomic E-state index is 0.00483. The third-order valence-corrected chi connectivity index (χ3v) is 15.2. The van der Waals surface area contributed by atoms with Crippen LogP contribution in [0.4, 0.5) is 0 Å². The van der Waals surface area contributed by atoms with Gasteiger partial charge in [-0.15, -0.1) is 0 Å². The molecule has 4 rings (SSSR count). The molecule has 1 aliphatic carbocycles. The van der Waals surface area contributed by atoms with Crippen LogP contribution in [0, 0.1) is 35.5 Å². The molecule has 3 aliphatic heterocycles. The van der Waals surface area contributed by atoms with Gasteiger partial charge in [0.15, 0.2) is 11.6 Å². The second-order valence-corrected chi connectivity index (χ2v) is 20.5. The van der Waals surface area contributed by atoms with Crippen LogP contribution in [-0.4, -0.2) is 133 Å². The average Bonchev–Trinajstić information content (AvgIpc) is 3.66. The smallest absolute Gasteiger partial charge is 0.296 e. The molecule has 2 saturated heterocycles. The highest BCUT2D eigenvalue weighted by molar-refractivity contribution is 6.39. The molecule has 0 aromatic carbocycles. The van der Waals surface area contributed by atoms with Gasteiger partial charge in [-0.25, -0.2) is 0 Å². The van der Waals surface area contributed by atoms with E-state index in [2.05, 4.69) is 37.6 Å². The molecular weight excluding hydrogens is 889 g/mol. The van der Waals surface area contributed by atoms with Crippen LogP contribution in [0.3, 0.4) is 0 Å². The number of ketones is 4. The van der Waals surface area contributed by atoms with Gasteiger partial charge in [0.05, 0.1) is 42.5 Å². The molecule has 70 heavy (non-hydrogen) atoms. The Morgan fingerprint density at radius 2 is 1.60 bits per heavy atom. The van der Waals surface area contributed by atoms with Crippen molar-refractivity contribution in [1.82, 2.24) is 15.2 Å². The second-order valence-electron chi connectivity index (χ2n) is 20.5. The number of amides is 1. The first kappa shape index (κ1) is 60.4. The molecule has 0 spiro atoms. The Hall–Kier alpha value is -3.92. The van der Waals surface area contributed by atoms with Gasteiger partial charge < -0.3 is 29.0 Å². The third-order valence-electron chi connectivity index (χ3n) is 15.2. The van der Waals surface area contributed by atoms with E-state index >= 15 is 0 Å². The van der Waals surface area contributed by atoms with E-state index in [1.807, 2.05) is 71.1 Å². The number of allylic oxidation sites excluding steroid dienone is 6. The number of hydrazone groups is 1. The molecule has 0 aromatic rings.